The molecule has 1 aromatic rings. The summed E-state index contributed by atoms with van der Waals surface area (Å²) in [6.45, 7) is 0.727. The van der Waals surface area contributed by atoms with Gasteiger partial charge in [-0.1, -0.05) is 0 Å². The number of carboxylic acids is 1. The molecule has 3 amide bonds. The van der Waals surface area contributed by atoms with Gasteiger partial charge in [0, 0.05) is 18.9 Å². The van der Waals surface area contributed by atoms with Crippen LogP contribution in [0.25, 0.3) is 0 Å². The average Bonchev–Trinajstić information content (AvgIpc) is 2.80. The van der Waals surface area contributed by atoms with Crippen LogP contribution in [0.15, 0.2) is 18.5 Å². The number of nitrogens with two attached hydrogens (primary N) is 1. The molecule has 19 heavy (non-hydrogen) atoms. The van der Waals surface area contributed by atoms with E-state index in [4.69, 9.17) is 10.8 Å². The molecular weight excluding hydrogens is 254 g/mol. The molecule has 5 N–H and O–H groups in total. The van der Waals surface area contributed by atoms with Crippen molar-refractivity contribution in [3.05, 3.63) is 18.5 Å². The van der Waals surface area contributed by atoms with E-state index in [2.05, 4.69) is 15.7 Å². The third-order valence-corrected chi connectivity index (χ3v) is 2.19. The standard InChI is InChI=1S/C10H15N5O4/c11-8(16)6-7(9(17)18)14-10(19)12-3-5-15-4-1-2-13-15/h1-2,4,7H,3,5-6H2,(H2,11,16)(H,17,18)(H2,12,14,19)/t7-/m0/s1. The number of rotatable bonds is 7. The lowest BCUT2D eigenvalue weighted by molar-refractivity contribution is -0.140. The van der Waals surface area contributed by atoms with Crippen molar-refractivity contribution in [1.82, 2.24) is 20.4 Å². The fourth-order valence-corrected chi connectivity index (χ4v) is 1.33. The number of carbonyl (C=O) groups excluding carboxylic acids is 2. The summed E-state index contributed by atoms with van der Waals surface area (Å²) in [4.78, 5) is 32.8. The molecular formula is C10H15N5O4. The SMILES string of the molecule is NC(=O)C[C@H](NC(=O)NCCn1cccn1)C(=O)O. The number of carbonyl (C=O) groups is 3. The third kappa shape index (κ3) is 5.52. The van der Waals surface area contributed by atoms with Crippen LogP contribution in [0.2, 0.25) is 0 Å². The molecule has 0 unspecified atom stereocenters. The monoisotopic (exact) mass is 269 g/mol. The Morgan fingerprint density at radius 2 is 2.16 bits per heavy atom. The maximum absolute atomic E-state index is 11.4. The van der Waals surface area contributed by atoms with Crippen molar-refractivity contribution in [3.63, 3.8) is 0 Å². The van der Waals surface area contributed by atoms with E-state index in [1.807, 2.05) is 0 Å². The van der Waals surface area contributed by atoms with Gasteiger partial charge in [-0.05, 0) is 6.07 Å². The molecule has 0 saturated carbocycles. The van der Waals surface area contributed by atoms with E-state index in [1.165, 1.54) is 0 Å². The van der Waals surface area contributed by atoms with Crippen molar-refractivity contribution in [1.29, 1.82) is 0 Å². The van der Waals surface area contributed by atoms with Crippen molar-refractivity contribution in [3.8, 4) is 0 Å². The molecule has 0 bridgehead atoms. The summed E-state index contributed by atoms with van der Waals surface area (Å²) >= 11 is 0. The van der Waals surface area contributed by atoms with Crippen LogP contribution in [0, 0.1) is 0 Å². The number of hydrogen-bond donors (Lipinski definition) is 4. The highest BCUT2D eigenvalue weighted by atomic mass is 16.4. The van der Waals surface area contributed by atoms with Gasteiger partial charge in [-0.25, -0.2) is 9.59 Å². The van der Waals surface area contributed by atoms with Gasteiger partial charge in [0.2, 0.25) is 5.91 Å². The fourth-order valence-electron chi connectivity index (χ4n) is 1.33. The molecule has 9 heteroatoms. The van der Waals surface area contributed by atoms with Gasteiger partial charge in [0.25, 0.3) is 0 Å². The number of urea groups is 1. The minimum Gasteiger partial charge on any atom is -0.480 e. The second-order valence-electron chi connectivity index (χ2n) is 3.73. The Morgan fingerprint density at radius 3 is 2.68 bits per heavy atom. The molecule has 0 radical (unpaired) electrons. The number of nitrogens with zero attached hydrogens (tertiary/aromatic N) is 2. The highest BCUT2D eigenvalue weighted by Gasteiger charge is 2.21. The Hall–Kier alpha value is -2.58. The normalized spacial score (nSPS) is 11.6. The minimum atomic E-state index is -1.33. The maximum atomic E-state index is 11.4. The third-order valence-electron chi connectivity index (χ3n) is 2.19. The second-order valence-corrected chi connectivity index (χ2v) is 3.73. The van der Waals surface area contributed by atoms with Crippen LogP contribution in [0.3, 0.4) is 0 Å². The zero-order chi connectivity index (χ0) is 14.3. The van der Waals surface area contributed by atoms with Gasteiger partial charge in [-0.2, -0.15) is 5.10 Å². The molecule has 1 aromatic heterocycles. The number of amides is 3. The zero-order valence-electron chi connectivity index (χ0n) is 10.1. The summed E-state index contributed by atoms with van der Waals surface area (Å²) in [5.41, 5.74) is 4.89. The first-order valence-electron chi connectivity index (χ1n) is 5.52. The molecule has 0 aliphatic heterocycles. The molecule has 0 aromatic carbocycles. The number of hydrogen-bond acceptors (Lipinski definition) is 4. The van der Waals surface area contributed by atoms with Crippen LogP contribution in [0.1, 0.15) is 6.42 Å². The van der Waals surface area contributed by atoms with E-state index in [-0.39, 0.29) is 6.54 Å². The maximum Gasteiger partial charge on any atom is 0.326 e. The number of carboxylic acid groups (broad SMARTS) is 1. The molecule has 1 rings (SSSR count). The van der Waals surface area contributed by atoms with E-state index >= 15 is 0 Å². The predicted molar refractivity (Wildman–Crippen MR) is 64.0 cm³/mol. The fraction of sp³-hybridized carbons (Fsp3) is 0.400. The van der Waals surface area contributed by atoms with Gasteiger partial charge >= 0.3 is 12.0 Å². The van der Waals surface area contributed by atoms with Crippen molar-refractivity contribution in [2.75, 3.05) is 6.54 Å². The topological polar surface area (TPSA) is 139 Å². The van der Waals surface area contributed by atoms with Gasteiger partial charge in [0.05, 0.1) is 13.0 Å². The van der Waals surface area contributed by atoms with Crippen LogP contribution in [0.5, 0.6) is 0 Å². The highest BCUT2D eigenvalue weighted by Crippen LogP contribution is 1.91. The predicted octanol–water partition coefficient (Wildman–Crippen LogP) is -1.49. The summed E-state index contributed by atoms with van der Waals surface area (Å²) in [5, 5.41) is 17.3. The number of primary amides is 1. The first-order chi connectivity index (χ1) is 8.99. The first kappa shape index (κ1) is 14.5. The molecule has 0 spiro atoms. The second kappa shape index (κ2) is 6.99. The van der Waals surface area contributed by atoms with Crippen LogP contribution in [-0.4, -0.2) is 45.4 Å². The highest BCUT2D eigenvalue weighted by molar-refractivity contribution is 5.87. The van der Waals surface area contributed by atoms with E-state index in [1.54, 1.807) is 23.1 Å². The summed E-state index contributed by atoms with van der Waals surface area (Å²) in [7, 11) is 0. The largest absolute Gasteiger partial charge is 0.480 e. The molecule has 0 aliphatic carbocycles. The smallest absolute Gasteiger partial charge is 0.326 e. The summed E-state index contributed by atoms with van der Waals surface area (Å²) < 4.78 is 1.61. The molecule has 1 atom stereocenters. The lowest BCUT2D eigenvalue weighted by atomic mass is 10.2. The van der Waals surface area contributed by atoms with Crippen LogP contribution in [-0.2, 0) is 16.1 Å². The molecule has 0 fully saturated rings. The number of aromatic nitrogens is 2. The van der Waals surface area contributed by atoms with Gasteiger partial charge in [0.1, 0.15) is 6.04 Å². The van der Waals surface area contributed by atoms with Gasteiger partial charge < -0.3 is 21.5 Å². The van der Waals surface area contributed by atoms with Crippen molar-refractivity contribution in [2.24, 2.45) is 5.73 Å². The number of nitrogens with one attached hydrogen (secondary N) is 2. The minimum absolute atomic E-state index is 0.274. The van der Waals surface area contributed by atoms with Crippen LogP contribution < -0.4 is 16.4 Å². The summed E-state index contributed by atoms with van der Waals surface area (Å²) in [6.07, 6.45) is 2.88. The van der Waals surface area contributed by atoms with Crippen molar-refractivity contribution < 1.29 is 19.5 Å². The molecule has 9 nitrogen and oxygen atoms in total. The van der Waals surface area contributed by atoms with Crippen LogP contribution in [0.4, 0.5) is 4.79 Å². The Bertz CT molecular complexity index is 445. The van der Waals surface area contributed by atoms with Crippen molar-refractivity contribution in [2.45, 2.75) is 19.0 Å². The Kier molecular flexibility index (Phi) is 5.33. The quantitative estimate of drug-likeness (QED) is 0.477. The molecule has 0 aliphatic rings. The molecule has 1 heterocycles. The first-order valence-corrected chi connectivity index (χ1v) is 5.52. The van der Waals surface area contributed by atoms with E-state index < -0.39 is 30.4 Å². The van der Waals surface area contributed by atoms with Crippen LogP contribution >= 0.6 is 0 Å². The molecule has 104 valence electrons. The van der Waals surface area contributed by atoms with E-state index in [0.29, 0.717) is 6.54 Å². The average molecular weight is 269 g/mol. The van der Waals surface area contributed by atoms with Gasteiger partial charge in [0.15, 0.2) is 0 Å². The van der Waals surface area contributed by atoms with E-state index in [0.717, 1.165) is 0 Å². The number of aliphatic carboxylic acids is 1. The zero-order valence-corrected chi connectivity index (χ0v) is 10.1. The summed E-state index contributed by atoms with van der Waals surface area (Å²) in [6, 6.07) is -0.268. The Labute approximate surface area is 108 Å². The lowest BCUT2D eigenvalue weighted by Crippen LogP contribution is -2.48. The Balaban J connectivity index is 2.32. The van der Waals surface area contributed by atoms with E-state index in [9.17, 15) is 14.4 Å². The summed E-state index contributed by atoms with van der Waals surface area (Å²) in [5.74, 6) is -2.12. The van der Waals surface area contributed by atoms with Gasteiger partial charge in [-0.3, -0.25) is 9.48 Å². The lowest BCUT2D eigenvalue weighted by Gasteiger charge is -2.13. The Morgan fingerprint density at radius 1 is 1.42 bits per heavy atom. The van der Waals surface area contributed by atoms with Gasteiger partial charge in [-0.15, -0.1) is 0 Å². The molecule has 0 saturated heterocycles. The van der Waals surface area contributed by atoms with Crippen molar-refractivity contribution >= 4 is 17.9 Å².